The fourth-order valence-electron chi connectivity index (χ4n) is 2.27. The second-order valence-electron chi connectivity index (χ2n) is 6.38. The maximum atomic E-state index is 11.4. The minimum absolute atomic E-state index is 0.0971. The Morgan fingerprint density at radius 3 is 2.11 bits per heavy atom. The highest BCUT2D eigenvalue weighted by atomic mass is 16.4. The van der Waals surface area contributed by atoms with Crippen LogP contribution < -0.4 is 0 Å². The van der Waals surface area contributed by atoms with Crippen molar-refractivity contribution in [3.63, 3.8) is 0 Å². The topological polar surface area (TPSA) is 37.3 Å². The lowest BCUT2D eigenvalue weighted by Gasteiger charge is -2.23. The summed E-state index contributed by atoms with van der Waals surface area (Å²) in [5.74, 6) is -1.06. The van der Waals surface area contributed by atoms with Crippen molar-refractivity contribution in [3.8, 4) is 0 Å². The van der Waals surface area contributed by atoms with E-state index in [1.165, 1.54) is 5.56 Å². The number of hydrogen-bond acceptors (Lipinski definition) is 1. The van der Waals surface area contributed by atoms with Crippen LogP contribution in [0.4, 0.5) is 0 Å². The molecule has 0 aliphatic carbocycles. The van der Waals surface area contributed by atoms with Crippen molar-refractivity contribution in [1.29, 1.82) is 0 Å². The monoisotopic (exact) mass is 248 g/mol. The van der Waals surface area contributed by atoms with E-state index >= 15 is 0 Å². The number of aryl methyl sites for hydroxylation is 1. The van der Waals surface area contributed by atoms with E-state index in [1.54, 1.807) is 0 Å². The maximum absolute atomic E-state index is 11.4. The average molecular weight is 248 g/mol. The fourth-order valence-corrected chi connectivity index (χ4v) is 2.27. The third kappa shape index (κ3) is 3.12. The van der Waals surface area contributed by atoms with Gasteiger partial charge in [0.15, 0.2) is 0 Å². The quantitative estimate of drug-likeness (QED) is 0.873. The molecule has 1 N–H and O–H groups in total. The molecular formula is C16H24O2. The van der Waals surface area contributed by atoms with Crippen molar-refractivity contribution in [1.82, 2.24) is 0 Å². The normalized spacial score (nSPS) is 13.7. The zero-order valence-corrected chi connectivity index (χ0v) is 12.2. The number of rotatable bonds is 3. The van der Waals surface area contributed by atoms with Crippen molar-refractivity contribution >= 4 is 5.97 Å². The van der Waals surface area contributed by atoms with Gasteiger partial charge >= 0.3 is 5.97 Å². The molecule has 1 aromatic rings. The maximum Gasteiger partial charge on any atom is 0.311 e. The van der Waals surface area contributed by atoms with Gasteiger partial charge in [-0.3, -0.25) is 4.79 Å². The van der Waals surface area contributed by atoms with E-state index in [-0.39, 0.29) is 11.3 Å². The van der Waals surface area contributed by atoms with E-state index in [4.69, 9.17) is 0 Å². The lowest BCUT2D eigenvalue weighted by Crippen LogP contribution is -2.19. The van der Waals surface area contributed by atoms with E-state index in [2.05, 4.69) is 32.9 Å². The molecule has 0 aliphatic heterocycles. The summed E-state index contributed by atoms with van der Waals surface area (Å²) in [4.78, 5) is 11.4. The molecule has 2 nitrogen and oxygen atoms in total. The highest BCUT2D eigenvalue weighted by Gasteiger charge is 2.25. The molecule has 1 aromatic carbocycles. The Morgan fingerprint density at radius 1 is 1.22 bits per heavy atom. The van der Waals surface area contributed by atoms with E-state index in [0.717, 1.165) is 11.1 Å². The van der Waals surface area contributed by atoms with Gasteiger partial charge in [0.25, 0.3) is 0 Å². The Labute approximate surface area is 110 Å². The van der Waals surface area contributed by atoms with Crippen LogP contribution in [0.5, 0.6) is 0 Å². The summed E-state index contributed by atoms with van der Waals surface area (Å²) in [7, 11) is 0. The summed E-state index contributed by atoms with van der Waals surface area (Å²) < 4.78 is 0. The van der Waals surface area contributed by atoms with Crippen molar-refractivity contribution in [3.05, 3.63) is 34.9 Å². The third-order valence-electron chi connectivity index (χ3n) is 3.40. The first-order valence-corrected chi connectivity index (χ1v) is 6.48. The lowest BCUT2D eigenvalue weighted by atomic mass is 9.81. The SMILES string of the molecule is Cc1cc(C(C)(C)C)ccc1C(C(=O)O)C(C)C. The molecule has 0 bridgehead atoms. The second kappa shape index (κ2) is 5.13. The number of carbonyl (C=O) groups is 1. The molecular weight excluding hydrogens is 224 g/mol. The molecule has 100 valence electrons. The first-order chi connectivity index (χ1) is 8.14. The van der Waals surface area contributed by atoms with Crippen LogP contribution in [-0.4, -0.2) is 11.1 Å². The number of carboxylic acid groups (broad SMARTS) is 1. The minimum atomic E-state index is -0.739. The summed E-state index contributed by atoms with van der Waals surface area (Å²) in [6, 6.07) is 6.16. The van der Waals surface area contributed by atoms with Gasteiger partial charge in [-0.05, 0) is 34.9 Å². The molecule has 0 amide bonds. The van der Waals surface area contributed by atoms with Crippen LogP contribution in [0.1, 0.15) is 57.2 Å². The Morgan fingerprint density at radius 2 is 1.78 bits per heavy atom. The summed E-state index contributed by atoms with van der Waals surface area (Å²) in [6.07, 6.45) is 0. The van der Waals surface area contributed by atoms with Gasteiger partial charge in [-0.15, -0.1) is 0 Å². The van der Waals surface area contributed by atoms with Gasteiger partial charge in [-0.25, -0.2) is 0 Å². The van der Waals surface area contributed by atoms with Crippen molar-refractivity contribution in [2.75, 3.05) is 0 Å². The zero-order valence-electron chi connectivity index (χ0n) is 12.2. The number of hydrogen-bond donors (Lipinski definition) is 1. The largest absolute Gasteiger partial charge is 0.481 e. The molecule has 0 heterocycles. The minimum Gasteiger partial charge on any atom is -0.481 e. The van der Waals surface area contributed by atoms with E-state index < -0.39 is 11.9 Å². The fraction of sp³-hybridized carbons (Fsp3) is 0.562. The Bertz CT molecular complexity index is 439. The molecule has 0 saturated carbocycles. The molecule has 0 saturated heterocycles. The number of aliphatic carboxylic acids is 1. The van der Waals surface area contributed by atoms with Crippen LogP contribution in [0.15, 0.2) is 18.2 Å². The second-order valence-corrected chi connectivity index (χ2v) is 6.38. The van der Waals surface area contributed by atoms with Crippen LogP contribution in [0, 0.1) is 12.8 Å². The molecule has 0 aromatic heterocycles. The van der Waals surface area contributed by atoms with Gasteiger partial charge in [-0.1, -0.05) is 52.8 Å². The summed E-state index contributed by atoms with van der Waals surface area (Å²) in [6.45, 7) is 12.4. The van der Waals surface area contributed by atoms with E-state index in [1.807, 2.05) is 26.8 Å². The first kappa shape index (κ1) is 14.7. The van der Waals surface area contributed by atoms with E-state index in [0.29, 0.717) is 0 Å². The average Bonchev–Trinajstić information content (AvgIpc) is 2.18. The Balaban J connectivity index is 3.24. The molecule has 1 atom stereocenters. The number of carboxylic acids is 1. The molecule has 0 radical (unpaired) electrons. The smallest absolute Gasteiger partial charge is 0.311 e. The third-order valence-corrected chi connectivity index (χ3v) is 3.40. The van der Waals surface area contributed by atoms with Gasteiger partial charge in [0, 0.05) is 0 Å². The number of benzene rings is 1. The lowest BCUT2D eigenvalue weighted by molar-refractivity contribution is -0.139. The molecule has 0 spiro atoms. The molecule has 1 unspecified atom stereocenters. The highest BCUT2D eigenvalue weighted by Crippen LogP contribution is 2.31. The summed E-state index contributed by atoms with van der Waals surface area (Å²) in [5, 5.41) is 9.35. The summed E-state index contributed by atoms with van der Waals surface area (Å²) >= 11 is 0. The van der Waals surface area contributed by atoms with Crippen LogP contribution in [0.2, 0.25) is 0 Å². The molecule has 0 aliphatic rings. The van der Waals surface area contributed by atoms with Gasteiger partial charge in [0.05, 0.1) is 5.92 Å². The van der Waals surface area contributed by atoms with Crippen molar-refractivity contribution < 1.29 is 9.90 Å². The Hall–Kier alpha value is -1.31. The molecule has 0 fully saturated rings. The van der Waals surface area contributed by atoms with Gasteiger partial charge in [0.2, 0.25) is 0 Å². The van der Waals surface area contributed by atoms with Gasteiger partial charge in [0.1, 0.15) is 0 Å². The Kier molecular flexibility index (Phi) is 4.20. The van der Waals surface area contributed by atoms with Crippen LogP contribution in [0.25, 0.3) is 0 Å². The first-order valence-electron chi connectivity index (χ1n) is 6.48. The van der Waals surface area contributed by atoms with E-state index in [9.17, 15) is 9.90 Å². The molecule has 2 heteroatoms. The predicted molar refractivity (Wildman–Crippen MR) is 75.1 cm³/mol. The standard InChI is InChI=1S/C16H24O2/c1-10(2)14(15(17)18)13-8-7-12(9-11(13)3)16(4,5)6/h7-10,14H,1-6H3,(H,17,18). The van der Waals surface area contributed by atoms with Crippen molar-refractivity contribution in [2.24, 2.45) is 5.92 Å². The van der Waals surface area contributed by atoms with Gasteiger partial charge in [-0.2, -0.15) is 0 Å². The predicted octanol–water partition coefficient (Wildman–Crippen LogP) is 4.12. The van der Waals surface area contributed by atoms with Crippen LogP contribution in [-0.2, 0) is 10.2 Å². The molecule has 1 rings (SSSR count). The van der Waals surface area contributed by atoms with Crippen LogP contribution in [0.3, 0.4) is 0 Å². The van der Waals surface area contributed by atoms with Gasteiger partial charge < -0.3 is 5.11 Å². The summed E-state index contributed by atoms with van der Waals surface area (Å²) in [5.41, 5.74) is 3.35. The highest BCUT2D eigenvalue weighted by molar-refractivity contribution is 5.77. The van der Waals surface area contributed by atoms with Crippen molar-refractivity contribution in [2.45, 2.75) is 52.9 Å². The van der Waals surface area contributed by atoms with Crippen LogP contribution >= 0.6 is 0 Å². The molecule has 18 heavy (non-hydrogen) atoms. The zero-order chi connectivity index (χ0) is 14.1.